The van der Waals surface area contributed by atoms with E-state index in [0.717, 1.165) is 5.52 Å². The third kappa shape index (κ3) is 1.80. The maximum absolute atomic E-state index is 12.0. The van der Waals surface area contributed by atoms with Crippen molar-refractivity contribution in [3.8, 4) is 11.8 Å². The monoisotopic (exact) mass is 296 g/mol. The molecule has 0 saturated carbocycles. The van der Waals surface area contributed by atoms with E-state index >= 15 is 0 Å². The highest BCUT2D eigenvalue weighted by Crippen LogP contribution is 2.27. The molecule has 0 aliphatic rings. The summed E-state index contributed by atoms with van der Waals surface area (Å²) in [5.74, 6) is -0.625. The molecule has 8 nitrogen and oxygen atoms in total. The maximum atomic E-state index is 12.0. The number of esters is 1. The normalized spacial score (nSPS) is 10.6. The Bertz CT molecular complexity index is 931. The second-order valence-electron chi connectivity index (χ2n) is 4.64. The van der Waals surface area contributed by atoms with Crippen molar-refractivity contribution < 1.29 is 9.53 Å². The number of aromatic nitrogens is 4. The Morgan fingerprint density at radius 3 is 2.91 bits per heavy atom. The molecule has 0 amide bonds. The van der Waals surface area contributed by atoms with Gasteiger partial charge in [-0.25, -0.2) is 9.48 Å². The predicted molar refractivity (Wildman–Crippen MR) is 78.3 cm³/mol. The third-order valence-electron chi connectivity index (χ3n) is 3.42. The Morgan fingerprint density at radius 2 is 2.23 bits per heavy atom. The van der Waals surface area contributed by atoms with Crippen LogP contribution in [0.15, 0.2) is 24.4 Å². The number of nitrogens with zero attached hydrogens (tertiary/aromatic N) is 5. The number of hydrogen-bond acceptors (Lipinski definition) is 6. The molecule has 3 rings (SSSR count). The third-order valence-corrected chi connectivity index (χ3v) is 3.42. The smallest absolute Gasteiger partial charge is 0.357 e. The fourth-order valence-electron chi connectivity index (χ4n) is 2.34. The van der Waals surface area contributed by atoms with Crippen LogP contribution in [0.3, 0.4) is 0 Å². The average molecular weight is 296 g/mol. The molecule has 8 heteroatoms. The van der Waals surface area contributed by atoms with Gasteiger partial charge in [-0.15, -0.1) is 5.10 Å². The van der Waals surface area contributed by atoms with E-state index in [1.165, 1.54) is 17.9 Å². The molecule has 2 aromatic heterocycles. The molecule has 0 saturated heterocycles. The summed E-state index contributed by atoms with van der Waals surface area (Å²) in [6.07, 6.45) is 1.49. The lowest BCUT2D eigenvalue weighted by atomic mass is 10.2. The summed E-state index contributed by atoms with van der Waals surface area (Å²) in [4.78, 5) is 12.0. The van der Waals surface area contributed by atoms with Gasteiger partial charge in [0.15, 0.2) is 5.69 Å². The number of methoxy groups -OCH3 is 1. The van der Waals surface area contributed by atoms with Crippen molar-refractivity contribution in [3.63, 3.8) is 0 Å². The van der Waals surface area contributed by atoms with Gasteiger partial charge in [0.2, 0.25) is 0 Å². The molecule has 3 aromatic rings. The van der Waals surface area contributed by atoms with Gasteiger partial charge in [-0.05, 0) is 12.1 Å². The molecule has 0 atom stereocenters. The summed E-state index contributed by atoms with van der Waals surface area (Å²) in [6.45, 7) is 0. The van der Waals surface area contributed by atoms with Gasteiger partial charge >= 0.3 is 5.97 Å². The summed E-state index contributed by atoms with van der Waals surface area (Å²) in [6, 6.07) is 7.40. The number of anilines is 1. The van der Waals surface area contributed by atoms with Crippen LogP contribution in [-0.4, -0.2) is 32.6 Å². The van der Waals surface area contributed by atoms with Crippen LogP contribution in [0.2, 0.25) is 0 Å². The summed E-state index contributed by atoms with van der Waals surface area (Å²) in [5.41, 5.74) is 8.24. The van der Waals surface area contributed by atoms with Crippen LogP contribution in [0.1, 0.15) is 16.1 Å². The second-order valence-corrected chi connectivity index (χ2v) is 4.64. The van der Waals surface area contributed by atoms with Crippen LogP contribution in [-0.2, 0) is 11.8 Å². The van der Waals surface area contributed by atoms with Crippen LogP contribution in [0.25, 0.3) is 16.7 Å². The zero-order valence-corrected chi connectivity index (χ0v) is 11.9. The Kier molecular flexibility index (Phi) is 3.03. The first kappa shape index (κ1) is 13.6. The molecule has 1 aromatic carbocycles. The molecular formula is C14H12N6O2. The average Bonchev–Trinajstić information content (AvgIpc) is 3.07. The largest absolute Gasteiger partial charge is 0.464 e. The highest BCUT2D eigenvalue weighted by atomic mass is 16.5. The minimum Gasteiger partial charge on any atom is -0.464 e. The Hall–Kier alpha value is -3.34. The van der Waals surface area contributed by atoms with E-state index < -0.39 is 5.97 Å². The number of carbonyl (C=O) groups excluding carboxylic acids is 1. The second kappa shape index (κ2) is 4.89. The Morgan fingerprint density at radius 1 is 1.45 bits per heavy atom. The number of aryl methyl sites for hydroxylation is 1. The van der Waals surface area contributed by atoms with Gasteiger partial charge in [0, 0.05) is 13.2 Å². The van der Waals surface area contributed by atoms with Gasteiger partial charge in [0.1, 0.15) is 11.6 Å². The minimum absolute atomic E-state index is 0.0789. The molecule has 0 bridgehead atoms. The minimum atomic E-state index is -0.625. The summed E-state index contributed by atoms with van der Waals surface area (Å²) in [7, 11) is 3.03. The molecular weight excluding hydrogens is 284 g/mol. The van der Waals surface area contributed by atoms with Crippen molar-refractivity contribution >= 4 is 22.7 Å². The van der Waals surface area contributed by atoms with Crippen LogP contribution in [0, 0.1) is 11.3 Å². The van der Waals surface area contributed by atoms with Crippen LogP contribution < -0.4 is 5.73 Å². The Balaban J connectivity index is 2.36. The van der Waals surface area contributed by atoms with E-state index in [-0.39, 0.29) is 16.9 Å². The lowest BCUT2D eigenvalue weighted by Crippen LogP contribution is -2.11. The van der Waals surface area contributed by atoms with Crippen LogP contribution in [0.4, 0.5) is 5.69 Å². The number of fused-ring (bicyclic) bond motifs is 1. The zero-order chi connectivity index (χ0) is 15.9. The van der Waals surface area contributed by atoms with E-state index in [9.17, 15) is 4.79 Å². The highest BCUT2D eigenvalue weighted by Gasteiger charge is 2.23. The van der Waals surface area contributed by atoms with E-state index in [2.05, 4.69) is 10.3 Å². The predicted octanol–water partition coefficient (Wildman–Crippen LogP) is 0.999. The van der Waals surface area contributed by atoms with Gasteiger partial charge in [0.05, 0.1) is 29.6 Å². The number of nitriles is 1. The summed E-state index contributed by atoms with van der Waals surface area (Å²) >= 11 is 0. The molecule has 2 N–H and O–H groups in total. The molecule has 0 radical (unpaired) electrons. The van der Waals surface area contributed by atoms with Crippen molar-refractivity contribution in [2.24, 2.45) is 7.05 Å². The topological polar surface area (TPSA) is 112 Å². The first-order valence-electron chi connectivity index (χ1n) is 6.36. The fraction of sp³-hybridized carbons (Fsp3) is 0.143. The first-order chi connectivity index (χ1) is 10.6. The molecule has 2 heterocycles. The molecule has 0 aliphatic heterocycles. The number of nitrogen functional groups attached to an aromatic ring is 1. The van der Waals surface area contributed by atoms with Crippen molar-refractivity contribution in [3.05, 3.63) is 35.7 Å². The molecule has 0 fully saturated rings. The fourth-order valence-corrected chi connectivity index (χ4v) is 2.34. The van der Waals surface area contributed by atoms with E-state index in [1.807, 2.05) is 18.2 Å². The van der Waals surface area contributed by atoms with Gasteiger partial charge in [-0.3, -0.25) is 0 Å². The zero-order valence-electron chi connectivity index (χ0n) is 11.9. The van der Waals surface area contributed by atoms with E-state index in [0.29, 0.717) is 11.2 Å². The molecule has 0 aliphatic carbocycles. The molecule has 0 spiro atoms. The lowest BCUT2D eigenvalue weighted by Gasteiger charge is -2.08. The summed E-state index contributed by atoms with van der Waals surface area (Å²) < 4.78 is 7.89. The van der Waals surface area contributed by atoms with Crippen molar-refractivity contribution in [2.45, 2.75) is 0 Å². The van der Waals surface area contributed by atoms with Crippen molar-refractivity contribution in [2.75, 3.05) is 12.8 Å². The number of carbonyl (C=O) groups is 1. The number of ether oxygens (including phenoxy) is 1. The van der Waals surface area contributed by atoms with Crippen molar-refractivity contribution in [1.82, 2.24) is 19.6 Å². The van der Waals surface area contributed by atoms with Crippen molar-refractivity contribution in [1.29, 1.82) is 5.26 Å². The highest BCUT2D eigenvalue weighted by molar-refractivity contribution is 5.97. The summed E-state index contributed by atoms with van der Waals surface area (Å²) in [5, 5.41) is 17.2. The number of hydrogen-bond donors (Lipinski definition) is 1. The quantitative estimate of drug-likeness (QED) is 0.706. The molecule has 110 valence electrons. The lowest BCUT2D eigenvalue weighted by molar-refractivity contribution is 0.0593. The van der Waals surface area contributed by atoms with Crippen LogP contribution in [0.5, 0.6) is 0 Å². The standard InChI is InChI=1S/C14H12N6O2/c1-19-9-4-3-5-10(12(9)17-18-19)20-7-8(6-15)11(16)13(20)14(21)22-2/h3-5,7H,16H2,1-2H3. The first-order valence-corrected chi connectivity index (χ1v) is 6.36. The van der Waals surface area contributed by atoms with Gasteiger partial charge in [-0.1, -0.05) is 11.3 Å². The number of benzene rings is 1. The van der Waals surface area contributed by atoms with E-state index in [4.69, 9.17) is 15.7 Å². The van der Waals surface area contributed by atoms with Gasteiger partial charge in [-0.2, -0.15) is 5.26 Å². The van der Waals surface area contributed by atoms with Gasteiger partial charge < -0.3 is 15.0 Å². The van der Waals surface area contributed by atoms with E-state index in [1.54, 1.807) is 17.8 Å². The van der Waals surface area contributed by atoms with Crippen LogP contribution >= 0.6 is 0 Å². The number of nitrogens with two attached hydrogens (primary N) is 1. The van der Waals surface area contributed by atoms with Gasteiger partial charge in [0.25, 0.3) is 0 Å². The maximum Gasteiger partial charge on any atom is 0.357 e. The SMILES string of the molecule is COC(=O)c1c(N)c(C#N)cn1-c1cccc2c1nnn2C. The molecule has 0 unspecified atom stereocenters. The number of rotatable bonds is 2. The molecule has 22 heavy (non-hydrogen) atoms. The Labute approximate surface area is 125 Å².